The van der Waals surface area contributed by atoms with Gasteiger partial charge in [0, 0.05) is 37.3 Å². The highest BCUT2D eigenvalue weighted by Gasteiger charge is 1.99. The molecule has 2 amide bonds. The number of hydrogen-bond acceptors (Lipinski definition) is 4. The van der Waals surface area contributed by atoms with E-state index in [9.17, 15) is 14.7 Å². The number of phenols is 1. The average molecular weight is 263 g/mol. The predicted molar refractivity (Wildman–Crippen MR) is 73.2 cm³/mol. The van der Waals surface area contributed by atoms with Crippen molar-refractivity contribution in [2.24, 2.45) is 0 Å². The third-order valence-corrected chi connectivity index (χ3v) is 2.26. The number of amides is 2. The zero-order valence-corrected chi connectivity index (χ0v) is 10.6. The van der Waals surface area contributed by atoms with Crippen LogP contribution in [0.25, 0.3) is 6.08 Å². The van der Waals surface area contributed by atoms with E-state index in [0.717, 1.165) is 0 Å². The van der Waals surface area contributed by atoms with Gasteiger partial charge in [-0.1, -0.05) is 0 Å². The molecule has 0 spiro atoms. The number of hydrogen-bond donors (Lipinski definition) is 4. The van der Waals surface area contributed by atoms with Gasteiger partial charge >= 0.3 is 0 Å². The number of nitrogen functional groups attached to an aromatic ring is 1. The standard InChI is InChI=1S/C13H17N3O3/c1-9(17)15-6-7-16-13(19)5-2-10-8-11(14)3-4-12(10)18/h2-5,8,18H,6-7,14H2,1H3,(H,15,17)(H,16,19)/b5-2+. The van der Waals surface area contributed by atoms with Crippen molar-refractivity contribution >= 4 is 23.6 Å². The smallest absolute Gasteiger partial charge is 0.244 e. The number of phenolic OH excluding ortho intramolecular Hbond substituents is 1. The quantitative estimate of drug-likeness (QED) is 0.264. The summed E-state index contributed by atoms with van der Waals surface area (Å²) in [6, 6.07) is 4.60. The molecule has 6 nitrogen and oxygen atoms in total. The summed E-state index contributed by atoms with van der Waals surface area (Å²) in [6.07, 6.45) is 2.77. The summed E-state index contributed by atoms with van der Waals surface area (Å²) in [4.78, 5) is 22.0. The van der Waals surface area contributed by atoms with Crippen LogP contribution in [0.4, 0.5) is 5.69 Å². The first-order valence-electron chi connectivity index (χ1n) is 5.78. The van der Waals surface area contributed by atoms with Crippen LogP contribution >= 0.6 is 0 Å². The molecule has 6 heteroatoms. The summed E-state index contributed by atoms with van der Waals surface area (Å²) in [6.45, 7) is 2.12. The van der Waals surface area contributed by atoms with Gasteiger partial charge in [0.15, 0.2) is 0 Å². The Bertz CT molecular complexity index is 498. The predicted octanol–water partition coefficient (Wildman–Crippen LogP) is 0.240. The highest BCUT2D eigenvalue weighted by Crippen LogP contribution is 2.20. The first kappa shape index (κ1) is 14.6. The first-order valence-corrected chi connectivity index (χ1v) is 5.78. The molecule has 1 rings (SSSR count). The Balaban J connectivity index is 2.45. The minimum absolute atomic E-state index is 0.0523. The number of aromatic hydroxyl groups is 1. The van der Waals surface area contributed by atoms with E-state index in [2.05, 4.69) is 10.6 Å². The molecule has 19 heavy (non-hydrogen) atoms. The van der Waals surface area contributed by atoms with Gasteiger partial charge in [-0.2, -0.15) is 0 Å². The number of nitrogens with one attached hydrogen (secondary N) is 2. The number of benzene rings is 1. The van der Waals surface area contributed by atoms with Crippen LogP contribution in [-0.2, 0) is 9.59 Å². The van der Waals surface area contributed by atoms with Crippen LogP contribution < -0.4 is 16.4 Å². The van der Waals surface area contributed by atoms with Crippen LogP contribution in [0.3, 0.4) is 0 Å². The third-order valence-electron chi connectivity index (χ3n) is 2.26. The summed E-state index contributed by atoms with van der Waals surface area (Å²) in [5.74, 6) is -0.404. The number of carbonyl (C=O) groups is 2. The van der Waals surface area contributed by atoms with Gasteiger partial charge in [-0.15, -0.1) is 0 Å². The Morgan fingerprint density at radius 3 is 2.68 bits per heavy atom. The highest BCUT2D eigenvalue weighted by atomic mass is 16.3. The van der Waals surface area contributed by atoms with Crippen LogP contribution in [0.2, 0.25) is 0 Å². The summed E-state index contributed by atoms with van der Waals surface area (Å²) in [5.41, 5.74) is 6.55. The first-order chi connectivity index (χ1) is 8.99. The Morgan fingerprint density at radius 1 is 1.32 bits per heavy atom. The molecule has 0 fully saturated rings. The van der Waals surface area contributed by atoms with E-state index in [1.165, 1.54) is 25.1 Å². The normalized spacial score (nSPS) is 10.4. The third kappa shape index (κ3) is 5.58. The molecular formula is C13H17N3O3. The largest absolute Gasteiger partial charge is 0.507 e. The molecule has 5 N–H and O–H groups in total. The SMILES string of the molecule is CC(=O)NCCNC(=O)/C=C/c1cc(N)ccc1O. The topological polar surface area (TPSA) is 104 Å². The molecule has 0 atom stereocenters. The fourth-order valence-electron chi connectivity index (χ4n) is 1.36. The van der Waals surface area contributed by atoms with Gasteiger partial charge in [-0.05, 0) is 24.3 Å². The van der Waals surface area contributed by atoms with Gasteiger partial charge < -0.3 is 21.5 Å². The van der Waals surface area contributed by atoms with Gasteiger partial charge in [-0.3, -0.25) is 9.59 Å². The molecule has 0 saturated carbocycles. The molecule has 0 bridgehead atoms. The lowest BCUT2D eigenvalue weighted by molar-refractivity contribution is -0.119. The van der Waals surface area contributed by atoms with Gasteiger partial charge in [0.05, 0.1) is 0 Å². The van der Waals surface area contributed by atoms with Crippen LogP contribution in [-0.4, -0.2) is 30.0 Å². The fraction of sp³-hybridized carbons (Fsp3) is 0.231. The van der Waals surface area contributed by atoms with E-state index in [1.807, 2.05) is 0 Å². The van der Waals surface area contributed by atoms with Gasteiger partial charge in [0.1, 0.15) is 5.75 Å². The maximum atomic E-state index is 11.4. The summed E-state index contributed by atoms with van der Waals surface area (Å²) < 4.78 is 0. The van der Waals surface area contributed by atoms with E-state index in [-0.39, 0.29) is 17.6 Å². The van der Waals surface area contributed by atoms with Crippen molar-refractivity contribution in [1.29, 1.82) is 0 Å². The minimum atomic E-state index is -0.313. The van der Waals surface area contributed by atoms with Crippen LogP contribution in [0.5, 0.6) is 5.75 Å². The zero-order valence-electron chi connectivity index (χ0n) is 10.6. The molecule has 0 unspecified atom stereocenters. The maximum absolute atomic E-state index is 11.4. The number of rotatable bonds is 5. The molecule has 0 aliphatic carbocycles. The van der Waals surface area contributed by atoms with Crippen molar-refractivity contribution < 1.29 is 14.7 Å². The van der Waals surface area contributed by atoms with Crippen LogP contribution in [0.1, 0.15) is 12.5 Å². The number of anilines is 1. The molecule has 102 valence electrons. The van der Waals surface area contributed by atoms with E-state index < -0.39 is 0 Å². The fourth-order valence-corrected chi connectivity index (χ4v) is 1.36. The summed E-state index contributed by atoms with van der Waals surface area (Å²) in [7, 11) is 0. The monoisotopic (exact) mass is 263 g/mol. The Kier molecular flexibility index (Phi) is 5.40. The summed E-state index contributed by atoms with van der Waals surface area (Å²) >= 11 is 0. The average Bonchev–Trinajstić information content (AvgIpc) is 2.35. The van der Waals surface area contributed by atoms with E-state index in [0.29, 0.717) is 24.3 Å². The van der Waals surface area contributed by atoms with Crippen LogP contribution in [0, 0.1) is 0 Å². The lowest BCUT2D eigenvalue weighted by Gasteiger charge is -2.03. The van der Waals surface area contributed by atoms with Gasteiger partial charge in [0.25, 0.3) is 0 Å². The van der Waals surface area contributed by atoms with Crippen LogP contribution in [0.15, 0.2) is 24.3 Å². The van der Waals surface area contributed by atoms with Crippen molar-refractivity contribution in [1.82, 2.24) is 10.6 Å². The second-order valence-electron chi connectivity index (χ2n) is 3.93. The lowest BCUT2D eigenvalue weighted by atomic mass is 10.1. The summed E-state index contributed by atoms with van der Waals surface area (Å²) in [5, 5.41) is 14.7. The number of carbonyl (C=O) groups excluding carboxylic acids is 2. The van der Waals surface area contributed by atoms with Crippen molar-refractivity contribution in [2.45, 2.75) is 6.92 Å². The van der Waals surface area contributed by atoms with Crippen molar-refractivity contribution in [3.05, 3.63) is 29.8 Å². The Morgan fingerprint density at radius 2 is 2.00 bits per heavy atom. The molecule has 0 saturated heterocycles. The van der Waals surface area contributed by atoms with E-state index >= 15 is 0 Å². The molecule has 1 aromatic carbocycles. The number of nitrogens with two attached hydrogens (primary N) is 1. The Labute approximate surface area is 111 Å². The van der Waals surface area contributed by atoms with Crippen molar-refractivity contribution in [2.75, 3.05) is 18.8 Å². The molecule has 0 aliphatic rings. The van der Waals surface area contributed by atoms with Gasteiger partial charge in [0.2, 0.25) is 11.8 Å². The molecule has 0 aliphatic heterocycles. The lowest BCUT2D eigenvalue weighted by Crippen LogP contribution is -2.32. The molecular weight excluding hydrogens is 246 g/mol. The molecule has 1 aromatic rings. The molecule has 0 radical (unpaired) electrons. The molecule has 0 heterocycles. The van der Waals surface area contributed by atoms with E-state index in [4.69, 9.17) is 5.73 Å². The highest BCUT2D eigenvalue weighted by molar-refractivity contribution is 5.92. The van der Waals surface area contributed by atoms with Crippen molar-refractivity contribution in [3.63, 3.8) is 0 Å². The maximum Gasteiger partial charge on any atom is 0.244 e. The Hall–Kier alpha value is -2.50. The van der Waals surface area contributed by atoms with E-state index in [1.54, 1.807) is 12.1 Å². The van der Waals surface area contributed by atoms with Gasteiger partial charge in [-0.25, -0.2) is 0 Å². The van der Waals surface area contributed by atoms with Crippen molar-refractivity contribution in [3.8, 4) is 5.75 Å². The zero-order chi connectivity index (χ0) is 14.3. The second kappa shape index (κ2) is 7.05. The minimum Gasteiger partial charge on any atom is -0.507 e. The molecule has 0 aromatic heterocycles. The second-order valence-corrected chi connectivity index (χ2v) is 3.93.